The van der Waals surface area contributed by atoms with Crippen LogP contribution in [0.3, 0.4) is 0 Å². The first-order chi connectivity index (χ1) is 11.2. The lowest BCUT2D eigenvalue weighted by Gasteiger charge is -2.35. The van der Waals surface area contributed by atoms with Gasteiger partial charge in [-0.1, -0.05) is 98.1 Å². The van der Waals surface area contributed by atoms with Crippen LogP contribution in [-0.2, 0) is 4.79 Å². The third-order valence-corrected chi connectivity index (χ3v) is 6.90. The molecule has 0 bridgehead atoms. The van der Waals surface area contributed by atoms with Gasteiger partial charge >= 0.3 is 0 Å². The molecule has 0 amide bonds. The van der Waals surface area contributed by atoms with Crippen LogP contribution < -0.4 is 0 Å². The van der Waals surface area contributed by atoms with Crippen molar-refractivity contribution in [3.05, 3.63) is 11.1 Å². The van der Waals surface area contributed by atoms with E-state index in [-0.39, 0.29) is 16.7 Å². The minimum Gasteiger partial charge on any atom is -0.303 e. The van der Waals surface area contributed by atoms with E-state index in [1.807, 2.05) is 0 Å². The van der Waals surface area contributed by atoms with Gasteiger partial charge in [0.15, 0.2) is 0 Å². The predicted octanol–water partition coefficient (Wildman–Crippen LogP) is 7.35. The van der Waals surface area contributed by atoms with Gasteiger partial charge in [0, 0.05) is 5.92 Å². The van der Waals surface area contributed by atoms with Gasteiger partial charge in [-0.05, 0) is 36.0 Å². The standard InChI is InChI=1S/C15H24O.C8H18/c1-10-14(2,3)12-8-6-7-11(9-16)13(12)15(10,4)5;1-3-5-7-8-6-4-2/h9-11H,6-8H2,1-5H3;3-8H2,1-2H3. The molecule has 0 radical (unpaired) electrons. The third kappa shape index (κ3) is 4.52. The molecule has 0 aromatic heterocycles. The van der Waals surface area contributed by atoms with Crippen LogP contribution in [0.15, 0.2) is 11.1 Å². The Balaban J connectivity index is 0.000000307. The van der Waals surface area contributed by atoms with E-state index in [1.54, 1.807) is 5.57 Å². The van der Waals surface area contributed by atoms with Crippen LogP contribution in [0.1, 0.15) is 106 Å². The smallest absolute Gasteiger partial charge is 0.127 e. The maximum absolute atomic E-state index is 11.3. The average molecular weight is 335 g/mol. The van der Waals surface area contributed by atoms with E-state index in [0.29, 0.717) is 5.92 Å². The third-order valence-electron chi connectivity index (χ3n) is 6.90. The second-order valence-corrected chi connectivity index (χ2v) is 9.11. The fourth-order valence-corrected chi connectivity index (χ4v) is 4.92. The molecule has 0 aromatic carbocycles. The molecule has 0 aliphatic heterocycles. The lowest BCUT2D eigenvalue weighted by molar-refractivity contribution is -0.110. The first-order valence-electron chi connectivity index (χ1n) is 10.4. The van der Waals surface area contributed by atoms with E-state index < -0.39 is 0 Å². The number of carbonyl (C=O) groups is 1. The van der Waals surface area contributed by atoms with Crippen LogP contribution in [0.4, 0.5) is 0 Å². The summed E-state index contributed by atoms with van der Waals surface area (Å²) < 4.78 is 0. The predicted molar refractivity (Wildman–Crippen MR) is 106 cm³/mol. The van der Waals surface area contributed by atoms with E-state index in [1.165, 1.54) is 63.2 Å². The molecule has 0 saturated heterocycles. The average Bonchev–Trinajstić information content (AvgIpc) is 2.70. The molecule has 24 heavy (non-hydrogen) atoms. The summed E-state index contributed by atoms with van der Waals surface area (Å²) in [5.74, 6) is 0.827. The van der Waals surface area contributed by atoms with Gasteiger partial charge in [0.25, 0.3) is 0 Å². The van der Waals surface area contributed by atoms with Gasteiger partial charge in [-0.2, -0.15) is 0 Å². The summed E-state index contributed by atoms with van der Waals surface area (Å²) in [5, 5.41) is 0. The summed E-state index contributed by atoms with van der Waals surface area (Å²) in [5.41, 5.74) is 3.55. The van der Waals surface area contributed by atoms with Crippen molar-refractivity contribution in [1.82, 2.24) is 0 Å². The first kappa shape index (κ1) is 21.5. The fraction of sp³-hybridized carbons (Fsp3) is 0.870. The maximum Gasteiger partial charge on any atom is 0.127 e. The van der Waals surface area contributed by atoms with Crippen molar-refractivity contribution in [3.63, 3.8) is 0 Å². The second kappa shape index (κ2) is 9.20. The molecular formula is C23H42O. The summed E-state index contributed by atoms with van der Waals surface area (Å²) >= 11 is 0. The summed E-state index contributed by atoms with van der Waals surface area (Å²) in [7, 11) is 0. The quantitative estimate of drug-likeness (QED) is 0.282. The van der Waals surface area contributed by atoms with Gasteiger partial charge in [0.05, 0.1) is 0 Å². The number of unbranched alkanes of at least 4 members (excludes halogenated alkanes) is 5. The molecule has 2 aliphatic rings. The Bertz CT molecular complexity index is 421. The second-order valence-electron chi connectivity index (χ2n) is 9.11. The van der Waals surface area contributed by atoms with E-state index in [4.69, 9.17) is 0 Å². The lowest BCUT2D eigenvalue weighted by atomic mass is 9.69. The van der Waals surface area contributed by atoms with Crippen LogP contribution in [0.5, 0.6) is 0 Å². The lowest BCUT2D eigenvalue weighted by Crippen LogP contribution is -2.29. The topological polar surface area (TPSA) is 17.1 Å². The van der Waals surface area contributed by atoms with Crippen LogP contribution in [0, 0.1) is 22.7 Å². The number of hydrogen-bond acceptors (Lipinski definition) is 1. The van der Waals surface area contributed by atoms with E-state index >= 15 is 0 Å². The van der Waals surface area contributed by atoms with E-state index in [9.17, 15) is 4.79 Å². The molecule has 2 rings (SSSR count). The van der Waals surface area contributed by atoms with Gasteiger partial charge in [-0.15, -0.1) is 0 Å². The van der Waals surface area contributed by atoms with Gasteiger partial charge in [0.2, 0.25) is 0 Å². The molecule has 0 aromatic rings. The Morgan fingerprint density at radius 3 is 1.96 bits per heavy atom. The molecule has 0 N–H and O–H groups in total. The molecule has 0 spiro atoms. The summed E-state index contributed by atoms with van der Waals surface area (Å²) in [6.45, 7) is 16.2. The van der Waals surface area contributed by atoms with E-state index in [0.717, 1.165) is 6.42 Å². The van der Waals surface area contributed by atoms with Gasteiger partial charge < -0.3 is 4.79 Å². The van der Waals surface area contributed by atoms with Crippen molar-refractivity contribution < 1.29 is 4.79 Å². The molecule has 1 nitrogen and oxygen atoms in total. The van der Waals surface area contributed by atoms with Crippen LogP contribution >= 0.6 is 0 Å². The SMILES string of the molecule is CC1C(C)(C)C2=C(C(C=O)CCC2)C1(C)C.CCCCCCCC. The number of aldehydes is 1. The highest BCUT2D eigenvalue weighted by Crippen LogP contribution is 2.61. The Labute approximate surface area is 151 Å². The number of carbonyl (C=O) groups excluding carboxylic acids is 1. The molecule has 0 saturated carbocycles. The zero-order valence-electron chi connectivity index (χ0n) is 17.5. The molecule has 140 valence electrons. The molecule has 1 heteroatoms. The van der Waals surface area contributed by atoms with Crippen molar-refractivity contribution in [1.29, 1.82) is 0 Å². The highest BCUT2D eigenvalue weighted by atomic mass is 16.1. The highest BCUT2D eigenvalue weighted by molar-refractivity contribution is 5.62. The van der Waals surface area contributed by atoms with Crippen LogP contribution in [0.2, 0.25) is 0 Å². The Kier molecular flexibility index (Phi) is 8.23. The van der Waals surface area contributed by atoms with Crippen molar-refractivity contribution in [3.8, 4) is 0 Å². The maximum atomic E-state index is 11.3. The normalized spacial score (nSPS) is 27.3. The van der Waals surface area contributed by atoms with Gasteiger partial charge in [0.1, 0.15) is 6.29 Å². The number of allylic oxidation sites excluding steroid dienone is 2. The first-order valence-corrected chi connectivity index (χ1v) is 10.4. The highest BCUT2D eigenvalue weighted by Gasteiger charge is 2.52. The fourth-order valence-electron chi connectivity index (χ4n) is 4.92. The summed E-state index contributed by atoms with van der Waals surface area (Å²) in [4.78, 5) is 11.3. The molecular weight excluding hydrogens is 292 g/mol. The largest absolute Gasteiger partial charge is 0.303 e. The Morgan fingerprint density at radius 2 is 1.50 bits per heavy atom. The Morgan fingerprint density at radius 1 is 0.958 bits per heavy atom. The van der Waals surface area contributed by atoms with Gasteiger partial charge in [-0.25, -0.2) is 0 Å². The minimum absolute atomic E-state index is 0.197. The monoisotopic (exact) mass is 334 g/mol. The zero-order chi connectivity index (χ0) is 18.4. The molecule has 2 unspecified atom stereocenters. The summed E-state index contributed by atoms with van der Waals surface area (Å²) in [6, 6.07) is 0. The molecule has 2 aliphatic carbocycles. The van der Waals surface area contributed by atoms with Crippen molar-refractivity contribution >= 4 is 6.29 Å². The van der Waals surface area contributed by atoms with Crippen molar-refractivity contribution in [2.24, 2.45) is 22.7 Å². The van der Waals surface area contributed by atoms with E-state index in [2.05, 4.69) is 48.5 Å². The minimum atomic E-state index is 0.197. The molecule has 0 heterocycles. The molecule has 2 atom stereocenters. The number of rotatable bonds is 6. The van der Waals surface area contributed by atoms with Crippen LogP contribution in [0.25, 0.3) is 0 Å². The van der Waals surface area contributed by atoms with Crippen LogP contribution in [-0.4, -0.2) is 6.29 Å². The molecule has 0 fully saturated rings. The zero-order valence-corrected chi connectivity index (χ0v) is 17.5. The van der Waals surface area contributed by atoms with Crippen molar-refractivity contribution in [2.45, 2.75) is 106 Å². The van der Waals surface area contributed by atoms with Crippen molar-refractivity contribution in [2.75, 3.05) is 0 Å². The van der Waals surface area contributed by atoms with Gasteiger partial charge in [-0.3, -0.25) is 0 Å². The Hall–Kier alpha value is -0.590. The summed E-state index contributed by atoms with van der Waals surface area (Å²) in [6.07, 6.45) is 13.1. The number of hydrogen-bond donors (Lipinski definition) is 0.